The van der Waals surface area contributed by atoms with Crippen LogP contribution in [0.5, 0.6) is 0 Å². The van der Waals surface area contributed by atoms with Gasteiger partial charge < -0.3 is 16.4 Å². The number of thiophene rings is 1. The minimum absolute atomic E-state index is 0.277. The lowest BCUT2D eigenvalue weighted by molar-refractivity contribution is 0.103. The molecule has 11 heteroatoms. The lowest BCUT2D eigenvalue weighted by Gasteiger charge is -2.01. The van der Waals surface area contributed by atoms with Gasteiger partial charge in [-0.2, -0.15) is 0 Å². The number of nitrogens with two attached hydrogens (primary N) is 1. The number of rotatable bonds is 6. The quantitative estimate of drug-likeness (QED) is 0.249. The van der Waals surface area contributed by atoms with Gasteiger partial charge in [-0.05, 0) is 50.2 Å². The Kier molecular flexibility index (Phi) is 5.70. The van der Waals surface area contributed by atoms with E-state index in [2.05, 4.69) is 25.1 Å². The van der Waals surface area contributed by atoms with Gasteiger partial charge in [0.15, 0.2) is 10.9 Å². The minimum atomic E-state index is -0.277. The van der Waals surface area contributed by atoms with E-state index in [1.54, 1.807) is 28.3 Å². The van der Waals surface area contributed by atoms with E-state index in [1.165, 1.54) is 11.3 Å². The highest BCUT2D eigenvalue weighted by atomic mass is 32.1. The van der Waals surface area contributed by atoms with Crippen molar-refractivity contribution in [1.29, 1.82) is 0 Å². The van der Waals surface area contributed by atoms with Crippen LogP contribution in [0.25, 0.3) is 21.9 Å². The molecular weight excluding hydrogens is 504 g/mol. The van der Waals surface area contributed by atoms with E-state index in [1.807, 2.05) is 74.6 Å². The summed E-state index contributed by atoms with van der Waals surface area (Å²) in [6.07, 6.45) is 3.69. The molecule has 0 aliphatic carbocycles. The maximum atomic E-state index is 12.9. The number of fused-ring (bicyclic) bond motifs is 1. The summed E-state index contributed by atoms with van der Waals surface area (Å²) in [6, 6.07) is 19.2. The Balaban J connectivity index is 1.19. The van der Waals surface area contributed by atoms with Crippen LogP contribution in [0.1, 0.15) is 21.1 Å². The van der Waals surface area contributed by atoms with Crippen molar-refractivity contribution in [2.24, 2.45) is 0 Å². The molecule has 5 aromatic heterocycles. The smallest absolute Gasteiger partial charge is 0.267 e. The third kappa shape index (κ3) is 4.34. The summed E-state index contributed by atoms with van der Waals surface area (Å²) in [5, 5.41) is 12.1. The van der Waals surface area contributed by atoms with Crippen LogP contribution in [0.2, 0.25) is 0 Å². The van der Waals surface area contributed by atoms with Crippen LogP contribution in [-0.2, 0) is 0 Å². The molecule has 0 saturated carbocycles. The Bertz CT molecular complexity index is 1740. The van der Waals surface area contributed by atoms with Crippen molar-refractivity contribution >= 4 is 55.9 Å². The summed E-state index contributed by atoms with van der Waals surface area (Å²) in [5.41, 5.74) is 11.2. The number of benzene rings is 1. The van der Waals surface area contributed by atoms with Crippen molar-refractivity contribution in [3.8, 4) is 16.3 Å². The Morgan fingerprint density at radius 1 is 0.946 bits per heavy atom. The van der Waals surface area contributed by atoms with Crippen molar-refractivity contribution in [2.75, 3.05) is 16.4 Å². The van der Waals surface area contributed by atoms with E-state index in [4.69, 9.17) is 10.7 Å². The average Bonchev–Trinajstić information content (AvgIpc) is 3.66. The van der Waals surface area contributed by atoms with Crippen molar-refractivity contribution < 1.29 is 4.79 Å². The van der Waals surface area contributed by atoms with E-state index in [0.29, 0.717) is 16.4 Å². The fraction of sp³-hybridized carbons (Fsp3) is 0.0769. The number of nitrogens with one attached hydrogen (secondary N) is 2. The number of aromatic nitrogens is 5. The van der Waals surface area contributed by atoms with Gasteiger partial charge in [0.25, 0.3) is 5.91 Å². The van der Waals surface area contributed by atoms with Crippen LogP contribution in [-0.4, -0.2) is 30.1 Å². The first-order chi connectivity index (χ1) is 18.0. The molecule has 0 aliphatic heterocycles. The number of aryl methyl sites for hydroxylation is 2. The number of pyridine rings is 1. The van der Waals surface area contributed by atoms with Gasteiger partial charge in [-0.1, -0.05) is 35.6 Å². The zero-order valence-corrected chi connectivity index (χ0v) is 21.6. The molecule has 5 heterocycles. The second kappa shape index (κ2) is 9.19. The molecule has 4 N–H and O–H groups in total. The Morgan fingerprint density at radius 3 is 2.59 bits per heavy atom. The number of carbonyl (C=O) groups is 1. The van der Waals surface area contributed by atoms with Gasteiger partial charge in [-0.15, -0.1) is 16.4 Å². The van der Waals surface area contributed by atoms with Crippen LogP contribution in [0.15, 0.2) is 73.1 Å². The summed E-state index contributed by atoms with van der Waals surface area (Å²) in [6.45, 7) is 4.00. The van der Waals surface area contributed by atoms with Crippen molar-refractivity contribution in [3.05, 3.63) is 89.3 Å². The van der Waals surface area contributed by atoms with Crippen LogP contribution in [0.3, 0.4) is 0 Å². The molecular formula is C26H22N8OS2. The first kappa shape index (κ1) is 23.0. The Morgan fingerprint density at radius 2 is 1.76 bits per heavy atom. The standard InChI is InChI=1S/C26H22N8OS2/c1-15-22(33-13-7-6-10-20(33)28-15)23-16(2)29-26(37-23)30-21-12-11-19(36-21)25(35)31-24-18(27)14-34(32-24)17-8-4-3-5-9-17/h3-14H,27H2,1-2H3,(H,29,30)(H,31,32,35). The third-order valence-electron chi connectivity index (χ3n) is 5.77. The van der Waals surface area contributed by atoms with Crippen LogP contribution in [0, 0.1) is 13.8 Å². The molecule has 1 aromatic carbocycles. The SMILES string of the molecule is Cc1nc(Nc2ccc(C(=O)Nc3nn(-c4ccccc4)cc3N)s2)sc1-c1c(C)nc2ccccn12. The van der Waals surface area contributed by atoms with Crippen LogP contribution in [0.4, 0.5) is 21.6 Å². The molecule has 9 nitrogen and oxygen atoms in total. The van der Waals surface area contributed by atoms with Gasteiger partial charge in [0.05, 0.1) is 49.4 Å². The fourth-order valence-corrected chi connectivity index (χ4v) is 5.99. The lowest BCUT2D eigenvalue weighted by atomic mass is 10.2. The minimum Gasteiger partial charge on any atom is -0.394 e. The highest BCUT2D eigenvalue weighted by Gasteiger charge is 2.19. The molecule has 0 aliphatic rings. The van der Waals surface area contributed by atoms with E-state index < -0.39 is 0 Å². The second-order valence-corrected chi connectivity index (χ2v) is 10.4. The maximum Gasteiger partial charge on any atom is 0.267 e. The zero-order valence-electron chi connectivity index (χ0n) is 20.0. The Hall–Kier alpha value is -4.48. The summed E-state index contributed by atoms with van der Waals surface area (Å²) < 4.78 is 3.72. The van der Waals surface area contributed by atoms with Crippen LogP contribution >= 0.6 is 22.7 Å². The molecule has 6 aromatic rings. The van der Waals surface area contributed by atoms with E-state index in [9.17, 15) is 4.79 Å². The largest absolute Gasteiger partial charge is 0.394 e. The van der Waals surface area contributed by atoms with Gasteiger partial charge >= 0.3 is 0 Å². The second-order valence-electron chi connectivity index (χ2n) is 8.36. The number of hydrogen-bond donors (Lipinski definition) is 3. The van der Waals surface area contributed by atoms with E-state index in [-0.39, 0.29) is 5.91 Å². The molecule has 0 fully saturated rings. The molecule has 6 rings (SSSR count). The van der Waals surface area contributed by atoms with Crippen molar-refractivity contribution in [2.45, 2.75) is 13.8 Å². The topological polar surface area (TPSA) is 115 Å². The molecule has 0 radical (unpaired) electrons. The molecule has 0 spiro atoms. The summed E-state index contributed by atoms with van der Waals surface area (Å²) in [7, 11) is 0. The molecule has 184 valence electrons. The molecule has 37 heavy (non-hydrogen) atoms. The van der Waals surface area contributed by atoms with E-state index >= 15 is 0 Å². The summed E-state index contributed by atoms with van der Waals surface area (Å²) in [5.74, 6) is 0.0424. The third-order valence-corrected chi connectivity index (χ3v) is 7.85. The monoisotopic (exact) mass is 526 g/mol. The van der Waals surface area contributed by atoms with Gasteiger partial charge in [0.2, 0.25) is 0 Å². The highest BCUT2D eigenvalue weighted by molar-refractivity contribution is 7.20. The van der Waals surface area contributed by atoms with Gasteiger partial charge in [0, 0.05) is 6.20 Å². The average molecular weight is 527 g/mol. The zero-order chi connectivity index (χ0) is 25.5. The molecule has 0 unspecified atom stereocenters. The first-order valence-electron chi connectivity index (χ1n) is 11.5. The van der Waals surface area contributed by atoms with Crippen LogP contribution < -0.4 is 16.4 Å². The summed E-state index contributed by atoms with van der Waals surface area (Å²) >= 11 is 2.89. The molecule has 0 atom stereocenters. The highest BCUT2D eigenvalue weighted by Crippen LogP contribution is 2.37. The number of amides is 1. The molecule has 1 amide bonds. The van der Waals surface area contributed by atoms with E-state index in [0.717, 1.165) is 43.4 Å². The molecule has 0 bridgehead atoms. The maximum absolute atomic E-state index is 12.9. The van der Waals surface area contributed by atoms with Crippen molar-refractivity contribution in [3.63, 3.8) is 0 Å². The lowest BCUT2D eigenvalue weighted by Crippen LogP contribution is -2.12. The first-order valence-corrected chi connectivity index (χ1v) is 13.1. The predicted molar refractivity (Wildman–Crippen MR) is 149 cm³/mol. The molecule has 0 saturated heterocycles. The fourth-order valence-electron chi connectivity index (χ4n) is 4.06. The number of anilines is 4. The number of nitrogens with zero attached hydrogens (tertiary/aromatic N) is 5. The Labute approximate surface area is 220 Å². The normalized spacial score (nSPS) is 11.2. The van der Waals surface area contributed by atoms with Gasteiger partial charge in [0.1, 0.15) is 5.65 Å². The predicted octanol–water partition coefficient (Wildman–Crippen LogP) is 5.90. The summed E-state index contributed by atoms with van der Waals surface area (Å²) in [4.78, 5) is 23.9. The number of imidazole rings is 1. The number of nitrogen functional groups attached to an aromatic ring is 1. The number of para-hydroxylation sites is 1. The number of carbonyl (C=O) groups excluding carboxylic acids is 1. The van der Waals surface area contributed by atoms with Gasteiger partial charge in [-0.25, -0.2) is 14.6 Å². The number of hydrogen-bond acceptors (Lipinski definition) is 8. The van der Waals surface area contributed by atoms with Gasteiger partial charge in [-0.3, -0.25) is 9.20 Å². The van der Waals surface area contributed by atoms with Crippen molar-refractivity contribution in [1.82, 2.24) is 24.1 Å². The number of thiazole rings is 1.